The summed E-state index contributed by atoms with van der Waals surface area (Å²) >= 11 is 0. The maximum Gasteiger partial charge on any atom is 0.125 e. The quantitative estimate of drug-likeness (QED) is 0.589. The highest BCUT2D eigenvalue weighted by molar-refractivity contribution is 5.88. The lowest BCUT2D eigenvalue weighted by Gasteiger charge is -2.16. The molecule has 0 aromatic carbocycles. The Morgan fingerprint density at radius 2 is 2.05 bits per heavy atom. The van der Waals surface area contributed by atoms with Crippen LogP contribution in [-0.2, 0) is 11.2 Å². The predicted octanol–water partition coefficient (Wildman–Crippen LogP) is 4.63. The number of allylic oxidation sites excluding steroid dienone is 3. The number of nitrogens with one attached hydrogen (secondary N) is 2. The fourth-order valence-corrected chi connectivity index (χ4v) is 2.74. The number of carbonyl (C=O) groups excluding carboxylic acids is 1. The summed E-state index contributed by atoms with van der Waals surface area (Å²) in [5.41, 5.74) is 6.66. The first-order valence-corrected chi connectivity index (χ1v) is 7.49. The molecule has 0 spiro atoms. The number of aldehydes is 1. The van der Waals surface area contributed by atoms with Crippen molar-refractivity contribution in [1.82, 2.24) is 9.97 Å². The third kappa shape index (κ3) is 3.02. The van der Waals surface area contributed by atoms with E-state index in [4.69, 9.17) is 0 Å². The second kappa shape index (κ2) is 6.17. The highest BCUT2D eigenvalue weighted by Gasteiger charge is 2.14. The van der Waals surface area contributed by atoms with Gasteiger partial charge in [-0.2, -0.15) is 0 Å². The van der Waals surface area contributed by atoms with E-state index in [2.05, 4.69) is 43.4 Å². The van der Waals surface area contributed by atoms with Crippen LogP contribution in [0.2, 0.25) is 0 Å². The van der Waals surface area contributed by atoms with Gasteiger partial charge in [0.15, 0.2) is 0 Å². The monoisotopic (exact) mass is 284 g/mol. The van der Waals surface area contributed by atoms with Gasteiger partial charge in [-0.05, 0) is 49.5 Å². The molecule has 1 atom stereocenters. The molecule has 2 rings (SSSR count). The first-order chi connectivity index (χ1) is 9.97. The second-order valence-electron chi connectivity index (χ2n) is 5.83. The predicted molar refractivity (Wildman–Crippen MR) is 89.3 cm³/mol. The topological polar surface area (TPSA) is 48.6 Å². The van der Waals surface area contributed by atoms with Gasteiger partial charge in [-0.25, -0.2) is 0 Å². The molecule has 1 unspecified atom stereocenters. The Bertz CT molecular complexity index is 668. The van der Waals surface area contributed by atoms with E-state index in [0.29, 0.717) is 12.3 Å². The molecule has 112 valence electrons. The Kier molecular flexibility index (Phi) is 4.51. The summed E-state index contributed by atoms with van der Waals surface area (Å²) in [5, 5.41) is 1.11. The summed E-state index contributed by atoms with van der Waals surface area (Å²) in [6, 6.07) is 4.16. The lowest BCUT2D eigenvalue weighted by Crippen LogP contribution is -2.00. The Hall–Kier alpha value is -2.03. The summed E-state index contributed by atoms with van der Waals surface area (Å²) in [6.07, 6.45) is 2.45. The third-order valence-corrected chi connectivity index (χ3v) is 4.21. The number of carbonyl (C=O) groups is 1. The molecule has 0 amide bonds. The Morgan fingerprint density at radius 3 is 2.57 bits per heavy atom. The molecule has 3 nitrogen and oxygen atoms in total. The third-order valence-electron chi connectivity index (χ3n) is 4.21. The van der Waals surface area contributed by atoms with Crippen LogP contribution in [0.25, 0.3) is 16.6 Å². The molecule has 2 aromatic heterocycles. The average molecular weight is 284 g/mol. The number of aromatic amines is 2. The van der Waals surface area contributed by atoms with Gasteiger partial charge in [0.1, 0.15) is 11.9 Å². The highest BCUT2D eigenvalue weighted by atomic mass is 16.1. The molecule has 2 heterocycles. The zero-order valence-corrected chi connectivity index (χ0v) is 13.3. The minimum absolute atomic E-state index is 0.424. The van der Waals surface area contributed by atoms with E-state index >= 15 is 0 Å². The number of aromatic nitrogens is 2. The van der Waals surface area contributed by atoms with Crippen LogP contribution in [0.1, 0.15) is 45.5 Å². The van der Waals surface area contributed by atoms with Crippen molar-refractivity contribution in [1.29, 1.82) is 0 Å². The Morgan fingerprint density at radius 1 is 1.33 bits per heavy atom. The molecule has 0 aliphatic rings. The van der Waals surface area contributed by atoms with Crippen LogP contribution >= 0.6 is 0 Å². The largest absolute Gasteiger partial charge is 0.344 e. The van der Waals surface area contributed by atoms with Crippen LogP contribution in [0.4, 0.5) is 0 Å². The summed E-state index contributed by atoms with van der Waals surface area (Å²) in [7, 11) is 0. The van der Waals surface area contributed by atoms with Crippen LogP contribution in [-0.4, -0.2) is 16.3 Å². The molecule has 3 heteroatoms. The van der Waals surface area contributed by atoms with Crippen molar-refractivity contribution in [2.75, 3.05) is 0 Å². The molecule has 21 heavy (non-hydrogen) atoms. The standard InChI is InChI=1S/C18H24N2O/c1-6-12(4)13(5)17(11(2)3)16-10-14-9-15(7-8-21)19-18(14)20-16/h8-10,12,19-20H,2,6-7H2,1,3-5H3/b17-13+. The first-order valence-electron chi connectivity index (χ1n) is 7.49. The Balaban J connectivity index is 2.49. The van der Waals surface area contributed by atoms with Gasteiger partial charge in [0.05, 0.1) is 0 Å². The zero-order chi connectivity index (χ0) is 15.6. The maximum absolute atomic E-state index is 10.6. The summed E-state index contributed by atoms with van der Waals surface area (Å²) < 4.78 is 0. The normalized spacial score (nSPS) is 14.1. The lowest BCUT2D eigenvalue weighted by atomic mass is 9.90. The van der Waals surface area contributed by atoms with Crippen molar-refractivity contribution >= 4 is 22.9 Å². The zero-order valence-electron chi connectivity index (χ0n) is 13.3. The van der Waals surface area contributed by atoms with Gasteiger partial charge in [-0.3, -0.25) is 0 Å². The fourth-order valence-electron chi connectivity index (χ4n) is 2.74. The molecule has 2 aromatic rings. The second-order valence-corrected chi connectivity index (χ2v) is 5.83. The van der Waals surface area contributed by atoms with Gasteiger partial charge in [0.2, 0.25) is 0 Å². The van der Waals surface area contributed by atoms with Gasteiger partial charge < -0.3 is 14.8 Å². The van der Waals surface area contributed by atoms with E-state index in [-0.39, 0.29) is 0 Å². The molecule has 0 bridgehead atoms. The van der Waals surface area contributed by atoms with Gasteiger partial charge >= 0.3 is 0 Å². The van der Waals surface area contributed by atoms with Crippen molar-refractivity contribution in [3.63, 3.8) is 0 Å². The molecule has 0 saturated heterocycles. The minimum Gasteiger partial charge on any atom is -0.344 e. The van der Waals surface area contributed by atoms with Gasteiger partial charge in [-0.15, -0.1) is 0 Å². The fraction of sp³-hybridized carbons (Fsp3) is 0.389. The molecule has 0 aliphatic heterocycles. The Labute approximate surface area is 126 Å². The molecule has 2 N–H and O–H groups in total. The lowest BCUT2D eigenvalue weighted by molar-refractivity contribution is -0.107. The van der Waals surface area contributed by atoms with E-state index in [1.165, 1.54) is 11.1 Å². The van der Waals surface area contributed by atoms with Gasteiger partial charge in [0.25, 0.3) is 0 Å². The van der Waals surface area contributed by atoms with Crippen LogP contribution in [0.3, 0.4) is 0 Å². The highest BCUT2D eigenvalue weighted by Crippen LogP contribution is 2.32. The van der Waals surface area contributed by atoms with Crippen molar-refractivity contribution in [2.45, 2.75) is 40.5 Å². The van der Waals surface area contributed by atoms with E-state index in [1.807, 2.05) is 13.0 Å². The number of hydrogen-bond donors (Lipinski definition) is 2. The van der Waals surface area contributed by atoms with Crippen LogP contribution < -0.4 is 0 Å². The van der Waals surface area contributed by atoms with E-state index in [9.17, 15) is 4.79 Å². The SMILES string of the molecule is C=C(C)/C(=C(/C)C(C)CC)c1cc2cc(CC=O)[nH]c2[nH]1. The number of fused-ring (bicyclic) bond motifs is 1. The van der Waals surface area contributed by atoms with Crippen LogP contribution in [0, 0.1) is 5.92 Å². The molecule has 0 aliphatic carbocycles. The van der Waals surface area contributed by atoms with E-state index in [1.54, 1.807) is 0 Å². The first kappa shape index (κ1) is 15.4. The number of hydrogen-bond acceptors (Lipinski definition) is 1. The van der Waals surface area contributed by atoms with E-state index < -0.39 is 0 Å². The average Bonchev–Trinajstić information content (AvgIpc) is 2.95. The minimum atomic E-state index is 0.424. The van der Waals surface area contributed by atoms with Crippen molar-refractivity contribution in [3.05, 3.63) is 41.2 Å². The van der Waals surface area contributed by atoms with Gasteiger partial charge in [-0.1, -0.05) is 26.0 Å². The summed E-state index contributed by atoms with van der Waals surface area (Å²) in [6.45, 7) is 12.8. The molecular formula is C18H24N2O. The number of H-pyrrole nitrogens is 2. The smallest absolute Gasteiger partial charge is 0.125 e. The van der Waals surface area contributed by atoms with Crippen LogP contribution in [0.5, 0.6) is 0 Å². The molecule has 0 fully saturated rings. The van der Waals surface area contributed by atoms with Crippen LogP contribution in [0.15, 0.2) is 29.9 Å². The molecular weight excluding hydrogens is 260 g/mol. The molecule has 0 radical (unpaired) electrons. The van der Waals surface area contributed by atoms with Crippen molar-refractivity contribution in [3.8, 4) is 0 Å². The summed E-state index contributed by atoms with van der Waals surface area (Å²) in [5.74, 6) is 0.531. The number of rotatable bonds is 6. The van der Waals surface area contributed by atoms with Gasteiger partial charge in [0, 0.05) is 23.2 Å². The molecule has 0 saturated carbocycles. The van der Waals surface area contributed by atoms with Crippen molar-refractivity contribution < 1.29 is 4.79 Å². The van der Waals surface area contributed by atoms with Crippen molar-refractivity contribution in [2.24, 2.45) is 5.92 Å². The summed E-state index contributed by atoms with van der Waals surface area (Å²) in [4.78, 5) is 17.3. The van der Waals surface area contributed by atoms with E-state index in [0.717, 1.165) is 40.7 Å². The maximum atomic E-state index is 10.6.